The standard InChI is InChI=1S/C18H12F5N3O2S/c1-9-13-8-24-25-17(13)12-6-14(19)15(20)7-16(12)26(9)29(27,28)11-4-2-10(3-5-11)18(21,22)23/h2-9H,1H3,(H,24,25)/t9-/m1/s1. The van der Waals surface area contributed by atoms with Crippen LogP contribution in [-0.4, -0.2) is 18.6 Å². The predicted octanol–water partition coefficient (Wildman–Crippen LogP) is 4.64. The van der Waals surface area contributed by atoms with E-state index in [-0.39, 0.29) is 11.3 Å². The first-order valence-corrected chi connectivity index (χ1v) is 9.70. The van der Waals surface area contributed by atoms with Gasteiger partial charge in [0.05, 0.1) is 34.1 Å². The predicted molar refractivity (Wildman–Crippen MR) is 93.5 cm³/mol. The molecule has 1 aliphatic rings. The SMILES string of the molecule is C[C@@H]1c2cn[nH]c2-c2cc(F)c(F)cc2N1S(=O)(=O)c1ccc(C(F)(F)F)cc1. The molecule has 0 unspecified atom stereocenters. The number of nitrogens with zero attached hydrogens (tertiary/aromatic N) is 2. The number of nitrogens with one attached hydrogen (secondary N) is 1. The maximum absolute atomic E-state index is 13.9. The number of aromatic nitrogens is 2. The summed E-state index contributed by atoms with van der Waals surface area (Å²) in [6.07, 6.45) is -3.26. The van der Waals surface area contributed by atoms with E-state index in [1.165, 1.54) is 13.1 Å². The number of anilines is 1. The van der Waals surface area contributed by atoms with Crippen molar-refractivity contribution >= 4 is 15.7 Å². The zero-order valence-electron chi connectivity index (χ0n) is 14.6. The molecule has 2 aromatic carbocycles. The number of alkyl halides is 3. The molecule has 11 heteroatoms. The zero-order chi connectivity index (χ0) is 21.1. The third kappa shape index (κ3) is 2.96. The zero-order valence-corrected chi connectivity index (χ0v) is 15.4. The fourth-order valence-electron chi connectivity index (χ4n) is 3.35. The molecule has 1 aliphatic heterocycles. The summed E-state index contributed by atoms with van der Waals surface area (Å²) in [5.74, 6) is -2.43. The second-order valence-corrected chi connectivity index (χ2v) is 8.30. The topological polar surface area (TPSA) is 66.1 Å². The van der Waals surface area contributed by atoms with Crippen molar-refractivity contribution in [3.05, 3.63) is 65.4 Å². The number of H-pyrrole nitrogens is 1. The molecule has 0 amide bonds. The maximum atomic E-state index is 13.9. The van der Waals surface area contributed by atoms with Gasteiger partial charge in [0.2, 0.25) is 0 Å². The molecule has 0 saturated heterocycles. The molecule has 1 atom stereocenters. The molecule has 0 bridgehead atoms. The van der Waals surface area contributed by atoms with Gasteiger partial charge in [0.1, 0.15) is 0 Å². The molecular weight excluding hydrogens is 417 g/mol. The number of sulfonamides is 1. The van der Waals surface area contributed by atoms with Gasteiger partial charge in [-0.1, -0.05) is 0 Å². The first-order chi connectivity index (χ1) is 13.5. The van der Waals surface area contributed by atoms with E-state index in [0.717, 1.165) is 28.6 Å². The number of aromatic amines is 1. The molecule has 4 rings (SSSR count). The van der Waals surface area contributed by atoms with E-state index >= 15 is 0 Å². The van der Waals surface area contributed by atoms with Crippen LogP contribution in [0.4, 0.5) is 27.6 Å². The number of fused-ring (bicyclic) bond motifs is 3. The fraction of sp³-hybridized carbons (Fsp3) is 0.167. The molecule has 0 aliphatic carbocycles. The van der Waals surface area contributed by atoms with E-state index in [4.69, 9.17) is 0 Å². The minimum Gasteiger partial charge on any atom is -0.277 e. The average Bonchev–Trinajstić information content (AvgIpc) is 3.13. The molecule has 0 fully saturated rings. The molecule has 152 valence electrons. The lowest BCUT2D eigenvalue weighted by molar-refractivity contribution is -0.137. The Labute approximate surface area is 161 Å². The molecule has 0 radical (unpaired) electrons. The Morgan fingerprint density at radius 3 is 2.31 bits per heavy atom. The highest BCUT2D eigenvalue weighted by Gasteiger charge is 2.39. The largest absolute Gasteiger partial charge is 0.416 e. The van der Waals surface area contributed by atoms with Crippen molar-refractivity contribution in [1.29, 1.82) is 0 Å². The van der Waals surface area contributed by atoms with Gasteiger partial charge in [-0.3, -0.25) is 9.40 Å². The van der Waals surface area contributed by atoms with Crippen molar-refractivity contribution in [2.45, 2.75) is 24.0 Å². The lowest BCUT2D eigenvalue weighted by Crippen LogP contribution is -2.36. The molecular formula is C18H12F5N3O2S. The minimum absolute atomic E-state index is 0.0741. The highest BCUT2D eigenvalue weighted by molar-refractivity contribution is 7.92. The maximum Gasteiger partial charge on any atom is 0.416 e. The molecule has 0 spiro atoms. The van der Waals surface area contributed by atoms with Gasteiger partial charge in [-0.2, -0.15) is 18.3 Å². The number of hydrogen-bond acceptors (Lipinski definition) is 3. The van der Waals surface area contributed by atoms with Crippen molar-refractivity contribution in [3.63, 3.8) is 0 Å². The van der Waals surface area contributed by atoms with Crippen molar-refractivity contribution in [3.8, 4) is 11.3 Å². The van der Waals surface area contributed by atoms with E-state index in [1.807, 2.05) is 0 Å². The first kappa shape index (κ1) is 19.4. The molecule has 3 aromatic rings. The Morgan fingerprint density at radius 2 is 1.69 bits per heavy atom. The Balaban J connectivity index is 1.89. The summed E-state index contributed by atoms with van der Waals surface area (Å²) in [7, 11) is -4.40. The summed E-state index contributed by atoms with van der Waals surface area (Å²) >= 11 is 0. The van der Waals surface area contributed by atoms with Crippen LogP contribution in [-0.2, 0) is 16.2 Å². The van der Waals surface area contributed by atoms with Gasteiger partial charge < -0.3 is 0 Å². The number of benzene rings is 2. The van der Waals surface area contributed by atoms with Crippen LogP contribution in [0.1, 0.15) is 24.1 Å². The second-order valence-electron chi connectivity index (χ2n) is 6.48. The van der Waals surface area contributed by atoms with Gasteiger partial charge in [0.25, 0.3) is 10.0 Å². The Hall–Kier alpha value is -2.95. The van der Waals surface area contributed by atoms with E-state index in [1.54, 1.807) is 0 Å². The summed E-state index contributed by atoms with van der Waals surface area (Å²) in [6.45, 7) is 1.51. The first-order valence-electron chi connectivity index (χ1n) is 8.26. The van der Waals surface area contributed by atoms with Crippen molar-refractivity contribution in [2.75, 3.05) is 4.31 Å². The highest BCUT2D eigenvalue weighted by Crippen LogP contribution is 2.47. The van der Waals surface area contributed by atoms with E-state index in [0.29, 0.717) is 23.4 Å². The molecule has 2 heterocycles. The third-order valence-electron chi connectivity index (χ3n) is 4.75. The summed E-state index contributed by atoms with van der Waals surface area (Å²) < 4.78 is 93.5. The molecule has 29 heavy (non-hydrogen) atoms. The number of rotatable bonds is 2. The van der Waals surface area contributed by atoms with Gasteiger partial charge in [-0.15, -0.1) is 0 Å². The Morgan fingerprint density at radius 1 is 1.07 bits per heavy atom. The minimum atomic E-state index is -4.63. The average molecular weight is 429 g/mol. The molecule has 1 N–H and O–H groups in total. The van der Waals surface area contributed by atoms with Gasteiger partial charge in [-0.25, -0.2) is 17.2 Å². The lowest BCUT2D eigenvalue weighted by Gasteiger charge is -2.35. The summed E-state index contributed by atoms with van der Waals surface area (Å²) in [5, 5.41) is 6.49. The van der Waals surface area contributed by atoms with Gasteiger partial charge in [-0.05, 0) is 37.3 Å². The van der Waals surface area contributed by atoms with Crippen molar-refractivity contribution in [2.24, 2.45) is 0 Å². The highest BCUT2D eigenvalue weighted by atomic mass is 32.2. The summed E-state index contributed by atoms with van der Waals surface area (Å²) in [5.41, 5.74) is -0.323. The van der Waals surface area contributed by atoms with Gasteiger partial charge in [0.15, 0.2) is 11.6 Å². The van der Waals surface area contributed by atoms with Crippen LogP contribution in [0.2, 0.25) is 0 Å². The second kappa shape index (κ2) is 6.28. The Bertz CT molecular complexity index is 1200. The summed E-state index contributed by atoms with van der Waals surface area (Å²) in [4.78, 5) is -0.417. The van der Waals surface area contributed by atoms with Crippen LogP contribution < -0.4 is 4.31 Å². The van der Waals surface area contributed by atoms with Crippen LogP contribution in [0, 0.1) is 11.6 Å². The Kier molecular flexibility index (Phi) is 4.19. The third-order valence-corrected chi connectivity index (χ3v) is 6.65. The quantitative estimate of drug-likeness (QED) is 0.604. The van der Waals surface area contributed by atoms with Crippen molar-refractivity contribution in [1.82, 2.24) is 10.2 Å². The van der Waals surface area contributed by atoms with Crippen LogP contribution in [0.3, 0.4) is 0 Å². The van der Waals surface area contributed by atoms with Crippen molar-refractivity contribution < 1.29 is 30.4 Å². The fourth-order valence-corrected chi connectivity index (χ4v) is 5.00. The van der Waals surface area contributed by atoms with Crippen LogP contribution >= 0.6 is 0 Å². The van der Waals surface area contributed by atoms with Crippen LogP contribution in [0.5, 0.6) is 0 Å². The monoisotopic (exact) mass is 429 g/mol. The lowest BCUT2D eigenvalue weighted by atomic mass is 9.97. The normalized spacial score (nSPS) is 16.5. The molecule has 5 nitrogen and oxygen atoms in total. The van der Waals surface area contributed by atoms with Crippen LogP contribution in [0.25, 0.3) is 11.3 Å². The number of halogens is 5. The van der Waals surface area contributed by atoms with E-state index in [2.05, 4.69) is 10.2 Å². The molecule has 1 aromatic heterocycles. The smallest absolute Gasteiger partial charge is 0.277 e. The molecule has 0 saturated carbocycles. The van der Waals surface area contributed by atoms with Gasteiger partial charge in [0, 0.05) is 17.2 Å². The summed E-state index contributed by atoms with van der Waals surface area (Å²) in [6, 6.07) is 3.68. The number of hydrogen-bond donors (Lipinski definition) is 1. The van der Waals surface area contributed by atoms with E-state index in [9.17, 15) is 30.4 Å². The van der Waals surface area contributed by atoms with Crippen LogP contribution in [0.15, 0.2) is 47.5 Å². The van der Waals surface area contributed by atoms with Gasteiger partial charge >= 0.3 is 6.18 Å². The van der Waals surface area contributed by atoms with E-state index < -0.39 is 44.3 Å².